The first kappa shape index (κ1) is 51.1. The molecule has 1 saturated heterocycles. The molecular weight excluding hydrogens is 843 g/mol. The lowest BCUT2D eigenvalue weighted by molar-refractivity contribution is -0.143. The minimum absolute atomic E-state index is 0.0200. The number of carbonyl (C=O) groups excluding carboxylic acids is 7. The molecule has 13 N–H and O–H groups in total. The second-order valence-corrected chi connectivity index (χ2v) is 17.0. The Hall–Kier alpha value is -6.54. The van der Waals surface area contributed by atoms with Crippen molar-refractivity contribution < 1.29 is 53.7 Å². The number of nitrogens with two attached hydrogens (primary N) is 2. The number of aliphatic hydroxyl groups is 1. The predicted molar refractivity (Wildman–Crippen MR) is 238 cm³/mol. The number of carboxylic acid groups (broad SMARTS) is 1. The van der Waals surface area contributed by atoms with Gasteiger partial charge in [-0.3, -0.25) is 33.6 Å². The molecule has 1 aliphatic rings. The second kappa shape index (κ2) is 23.4. The van der Waals surface area contributed by atoms with Gasteiger partial charge in [0.2, 0.25) is 41.4 Å². The van der Waals surface area contributed by atoms with Crippen LogP contribution in [0.25, 0.3) is 10.9 Å². The van der Waals surface area contributed by atoms with Gasteiger partial charge in [0.25, 0.3) is 0 Å². The zero-order valence-corrected chi connectivity index (χ0v) is 37.3. The van der Waals surface area contributed by atoms with Crippen molar-refractivity contribution in [3.8, 4) is 5.75 Å². The van der Waals surface area contributed by atoms with Gasteiger partial charge in [0.15, 0.2) is 0 Å². The number of carbonyl (C=O) groups is 8. The molecule has 0 bridgehead atoms. The minimum Gasteiger partial charge on any atom is -0.508 e. The number of carboxylic acids is 1. The quantitative estimate of drug-likeness (QED) is 0.0591. The molecule has 0 saturated carbocycles. The number of phenolic OH excluding ortho intramolecular Hbond substituents is 1. The van der Waals surface area contributed by atoms with Crippen LogP contribution < -0.4 is 38.1 Å². The molecule has 7 amide bonds. The van der Waals surface area contributed by atoms with Crippen LogP contribution in [0, 0.1) is 11.8 Å². The van der Waals surface area contributed by atoms with Gasteiger partial charge < -0.3 is 63.3 Å². The van der Waals surface area contributed by atoms with Crippen LogP contribution in [0.3, 0.4) is 0 Å². The van der Waals surface area contributed by atoms with Crippen LogP contribution in [0.4, 0.5) is 0 Å². The molecule has 65 heavy (non-hydrogen) atoms. The predicted octanol–water partition coefficient (Wildman–Crippen LogP) is -0.166. The number of H-pyrrole nitrogens is 1. The topological polar surface area (TPSA) is 328 Å². The molecule has 1 aromatic heterocycles. The van der Waals surface area contributed by atoms with Crippen molar-refractivity contribution in [2.75, 3.05) is 6.54 Å². The van der Waals surface area contributed by atoms with E-state index >= 15 is 0 Å². The third-order valence-corrected chi connectivity index (χ3v) is 11.7. The van der Waals surface area contributed by atoms with E-state index in [1.54, 1.807) is 50.4 Å². The molecule has 2 heterocycles. The van der Waals surface area contributed by atoms with Gasteiger partial charge in [0, 0.05) is 42.9 Å². The summed E-state index contributed by atoms with van der Waals surface area (Å²) < 4.78 is 0. The Morgan fingerprint density at radius 3 is 2.05 bits per heavy atom. The number of hydrogen-bond acceptors (Lipinski definition) is 11. The van der Waals surface area contributed by atoms with E-state index in [1.807, 2.05) is 19.9 Å². The molecular formula is C45H63N9O11. The monoisotopic (exact) mass is 905 g/mol. The van der Waals surface area contributed by atoms with E-state index in [0.29, 0.717) is 24.0 Å². The van der Waals surface area contributed by atoms with Crippen molar-refractivity contribution in [1.82, 2.24) is 36.5 Å². The van der Waals surface area contributed by atoms with Crippen molar-refractivity contribution >= 4 is 58.2 Å². The molecule has 20 nitrogen and oxygen atoms in total. The summed E-state index contributed by atoms with van der Waals surface area (Å²) in [4.78, 5) is 111. The average Bonchev–Trinajstić information content (AvgIpc) is 3.93. The number of rotatable bonds is 23. The number of nitrogens with one attached hydrogen (secondary N) is 6. The second-order valence-electron chi connectivity index (χ2n) is 17.0. The number of primary amides is 1. The smallest absolute Gasteiger partial charge is 0.326 e. The highest BCUT2D eigenvalue weighted by Crippen LogP contribution is 2.23. The van der Waals surface area contributed by atoms with Crippen molar-refractivity contribution in [3.05, 3.63) is 65.9 Å². The Labute approximate surface area is 377 Å². The molecule has 354 valence electrons. The number of aliphatic hydroxyl groups excluding tert-OH is 1. The molecule has 1 fully saturated rings. The fourth-order valence-electron chi connectivity index (χ4n) is 7.59. The summed E-state index contributed by atoms with van der Waals surface area (Å²) in [6.45, 7) is 8.48. The number of fused-ring (bicyclic) bond motifs is 1. The maximum Gasteiger partial charge on any atom is 0.326 e. The first-order chi connectivity index (χ1) is 30.7. The third-order valence-electron chi connectivity index (χ3n) is 11.7. The fraction of sp³-hybridized carbons (Fsp3) is 0.511. The van der Waals surface area contributed by atoms with Gasteiger partial charge in [-0.25, -0.2) is 4.79 Å². The van der Waals surface area contributed by atoms with Gasteiger partial charge in [0.05, 0.1) is 12.1 Å². The van der Waals surface area contributed by atoms with Crippen molar-refractivity contribution in [1.29, 1.82) is 0 Å². The third kappa shape index (κ3) is 14.0. The van der Waals surface area contributed by atoms with Crippen LogP contribution in [-0.2, 0) is 51.2 Å². The van der Waals surface area contributed by atoms with E-state index in [2.05, 4.69) is 31.6 Å². The van der Waals surface area contributed by atoms with Gasteiger partial charge in [-0.2, -0.15) is 0 Å². The largest absolute Gasteiger partial charge is 0.508 e. The molecule has 20 heteroatoms. The first-order valence-corrected chi connectivity index (χ1v) is 21.8. The number of likely N-dealkylation sites (tertiary alicyclic amines) is 1. The Morgan fingerprint density at radius 2 is 1.43 bits per heavy atom. The molecule has 0 unspecified atom stereocenters. The van der Waals surface area contributed by atoms with Crippen molar-refractivity contribution in [2.24, 2.45) is 23.3 Å². The summed E-state index contributed by atoms with van der Waals surface area (Å²) in [7, 11) is 0. The molecule has 4 rings (SSSR count). The molecule has 1 aliphatic heterocycles. The van der Waals surface area contributed by atoms with Gasteiger partial charge in [-0.1, -0.05) is 64.4 Å². The fourth-order valence-corrected chi connectivity index (χ4v) is 7.59. The van der Waals surface area contributed by atoms with Crippen LogP contribution in [0.2, 0.25) is 0 Å². The van der Waals surface area contributed by atoms with Crippen LogP contribution in [0.5, 0.6) is 5.75 Å². The van der Waals surface area contributed by atoms with E-state index in [1.165, 1.54) is 24.0 Å². The van der Waals surface area contributed by atoms with Crippen LogP contribution in [0.1, 0.15) is 77.8 Å². The number of aromatic hydroxyl groups is 1. The van der Waals surface area contributed by atoms with Crippen LogP contribution in [0.15, 0.2) is 54.7 Å². The Bertz CT molecular complexity index is 2180. The normalized spacial score (nSPS) is 17.4. The van der Waals surface area contributed by atoms with Gasteiger partial charge in [-0.15, -0.1) is 0 Å². The highest BCUT2D eigenvalue weighted by molar-refractivity contribution is 5.98. The Morgan fingerprint density at radius 1 is 0.800 bits per heavy atom. The SMILES string of the molecule is CC[C@H](C)[C@H](N)C(=O)N[C@H](C(=O)N[C@@H](Cc1ccc(O)cc1)C(=O)N1CCC[C@H]1C(=O)N[C@@H](Cc1c[nH]c2ccccc12)C(=O)N[C@H](C(=O)N[C@@H](CCC(N)=O)C(=O)O)[C@@H](C)O)C(C)C. The Balaban J connectivity index is 1.62. The van der Waals surface area contributed by atoms with Crippen molar-refractivity contribution in [2.45, 2.75) is 128 Å². The number of aliphatic carboxylic acids is 1. The highest BCUT2D eigenvalue weighted by Gasteiger charge is 2.41. The number of amides is 7. The van der Waals surface area contributed by atoms with E-state index in [9.17, 15) is 53.7 Å². The first-order valence-electron chi connectivity index (χ1n) is 21.8. The molecule has 0 aliphatic carbocycles. The minimum atomic E-state index is -1.71. The lowest BCUT2D eigenvalue weighted by Gasteiger charge is -2.32. The summed E-state index contributed by atoms with van der Waals surface area (Å²) >= 11 is 0. The van der Waals surface area contributed by atoms with Crippen LogP contribution >= 0.6 is 0 Å². The number of para-hydroxylation sites is 1. The zero-order chi connectivity index (χ0) is 48.1. The summed E-state index contributed by atoms with van der Waals surface area (Å²) in [5.74, 6) is -7.41. The van der Waals surface area contributed by atoms with E-state index in [0.717, 1.165) is 10.9 Å². The highest BCUT2D eigenvalue weighted by atomic mass is 16.4. The number of aromatic amines is 1. The van der Waals surface area contributed by atoms with E-state index in [-0.39, 0.29) is 50.3 Å². The number of benzene rings is 2. The molecule has 0 radical (unpaired) electrons. The maximum atomic E-state index is 14.6. The van der Waals surface area contributed by atoms with Gasteiger partial charge >= 0.3 is 5.97 Å². The lowest BCUT2D eigenvalue weighted by Crippen LogP contribution is -2.61. The van der Waals surface area contributed by atoms with Gasteiger partial charge in [-0.05, 0) is 67.3 Å². The van der Waals surface area contributed by atoms with E-state index in [4.69, 9.17) is 11.5 Å². The van der Waals surface area contributed by atoms with Crippen LogP contribution in [-0.4, -0.2) is 127 Å². The Kier molecular flexibility index (Phi) is 18.4. The molecule has 2 aromatic carbocycles. The van der Waals surface area contributed by atoms with Gasteiger partial charge in [0.1, 0.15) is 42.0 Å². The summed E-state index contributed by atoms with van der Waals surface area (Å²) in [6, 6.07) is 4.18. The lowest BCUT2D eigenvalue weighted by atomic mass is 9.97. The average molecular weight is 906 g/mol. The maximum absolute atomic E-state index is 14.6. The number of phenols is 1. The van der Waals surface area contributed by atoms with E-state index < -0.39 is 102 Å². The number of hydrogen-bond donors (Lipinski definition) is 11. The zero-order valence-electron chi connectivity index (χ0n) is 37.3. The molecule has 0 spiro atoms. The van der Waals surface area contributed by atoms with Crippen molar-refractivity contribution in [3.63, 3.8) is 0 Å². The summed E-state index contributed by atoms with van der Waals surface area (Å²) in [5.41, 5.74) is 13.2. The number of aromatic nitrogens is 1. The summed E-state index contributed by atoms with van der Waals surface area (Å²) in [5, 5.41) is 43.9. The summed E-state index contributed by atoms with van der Waals surface area (Å²) in [6.07, 6.45) is 0.381. The molecule has 3 aromatic rings. The molecule has 9 atom stereocenters. The standard InChI is InChI=1S/C45H63N9O11/c1-6-24(4)36(47)41(60)52-37(23(2)3)42(61)51-33(20-26-13-15-28(56)16-14-26)44(63)54-19-9-12-34(54)40(59)50-32(21-27-22-48-30-11-8-7-10-29(27)30)39(58)53-38(25(5)55)43(62)49-31(45(64)65)17-18-35(46)57/h7-8,10-11,13-16,22-25,31-34,36-38,48,55-56H,6,9,12,17-21,47H2,1-5H3,(H2,46,57)(H,49,62)(H,50,59)(H,51,61)(H,52,60)(H,53,58)(H,64,65)/t24-,25+,31-,32-,33-,34-,36-,37-,38-/m0/s1. The number of nitrogens with zero attached hydrogens (tertiary/aromatic N) is 1.